The first-order valence-electron chi connectivity index (χ1n) is 6.61. The van der Waals surface area contributed by atoms with Gasteiger partial charge < -0.3 is 10.2 Å². The monoisotopic (exact) mass is 246 g/mol. The zero-order valence-electron chi connectivity index (χ0n) is 10.3. The molecule has 2 aromatic rings. The van der Waals surface area contributed by atoms with Crippen molar-refractivity contribution in [1.82, 2.24) is 4.98 Å². The van der Waals surface area contributed by atoms with Crippen LogP contribution in [-0.4, -0.2) is 11.5 Å². The van der Waals surface area contributed by atoms with Crippen LogP contribution in [0, 0.1) is 5.92 Å². The lowest BCUT2D eigenvalue weighted by Gasteiger charge is -2.22. The lowest BCUT2D eigenvalue weighted by Crippen LogP contribution is -2.19. The largest absolute Gasteiger partial charge is 0.417 e. The van der Waals surface area contributed by atoms with Gasteiger partial charge in [-0.2, -0.15) is 0 Å². The van der Waals surface area contributed by atoms with Gasteiger partial charge in [-0.25, -0.2) is 4.79 Å². The molecule has 1 aliphatic carbocycles. The van der Waals surface area contributed by atoms with Crippen molar-refractivity contribution in [3.05, 3.63) is 34.3 Å². The number of fused-ring (bicyclic) bond motifs is 1. The quantitative estimate of drug-likeness (QED) is 0.873. The first-order chi connectivity index (χ1) is 8.78. The first kappa shape index (κ1) is 11.5. The topological polar surface area (TPSA) is 72.0 Å². The number of H-pyrrole nitrogens is 1. The summed E-state index contributed by atoms with van der Waals surface area (Å²) < 4.78 is 5.11. The Morgan fingerprint density at radius 1 is 1.39 bits per heavy atom. The lowest BCUT2D eigenvalue weighted by molar-refractivity contribution is 0.440. The Hall–Kier alpha value is -1.55. The van der Waals surface area contributed by atoms with E-state index in [0.29, 0.717) is 24.0 Å². The average molecular weight is 246 g/mol. The summed E-state index contributed by atoms with van der Waals surface area (Å²) in [5, 5.41) is 0. The molecule has 0 aliphatic heterocycles. The van der Waals surface area contributed by atoms with E-state index in [9.17, 15) is 4.79 Å². The highest BCUT2D eigenvalue weighted by Crippen LogP contribution is 2.37. The van der Waals surface area contributed by atoms with E-state index in [1.807, 2.05) is 12.1 Å². The number of benzene rings is 1. The van der Waals surface area contributed by atoms with Gasteiger partial charge in [-0.3, -0.25) is 4.98 Å². The third-order valence-electron chi connectivity index (χ3n) is 4.10. The maximum Gasteiger partial charge on any atom is 0.417 e. The molecular formula is C14H18N2O2. The summed E-state index contributed by atoms with van der Waals surface area (Å²) in [7, 11) is 0. The molecule has 1 unspecified atom stereocenters. The van der Waals surface area contributed by atoms with Crippen LogP contribution in [-0.2, 0) is 0 Å². The molecule has 0 radical (unpaired) electrons. The van der Waals surface area contributed by atoms with Gasteiger partial charge in [0.25, 0.3) is 0 Å². The molecule has 1 aliphatic rings. The number of aromatic amines is 1. The Kier molecular flexibility index (Phi) is 2.96. The van der Waals surface area contributed by atoms with Crippen LogP contribution < -0.4 is 11.5 Å². The van der Waals surface area contributed by atoms with E-state index in [4.69, 9.17) is 10.2 Å². The summed E-state index contributed by atoms with van der Waals surface area (Å²) in [5.41, 5.74) is 8.52. The number of oxazole rings is 1. The van der Waals surface area contributed by atoms with E-state index < -0.39 is 5.76 Å². The van der Waals surface area contributed by atoms with Crippen molar-refractivity contribution in [2.45, 2.75) is 31.6 Å². The van der Waals surface area contributed by atoms with Gasteiger partial charge in [0.1, 0.15) is 0 Å². The molecule has 4 heteroatoms. The van der Waals surface area contributed by atoms with Gasteiger partial charge in [0, 0.05) is 0 Å². The summed E-state index contributed by atoms with van der Waals surface area (Å²) in [6.07, 6.45) is 5.14. The van der Waals surface area contributed by atoms with E-state index in [0.717, 1.165) is 5.52 Å². The molecule has 1 saturated carbocycles. The molecule has 1 atom stereocenters. The van der Waals surface area contributed by atoms with E-state index in [2.05, 4.69) is 11.1 Å². The maximum atomic E-state index is 11.1. The molecule has 1 aromatic carbocycles. The number of hydrogen-bond acceptors (Lipinski definition) is 3. The minimum absolute atomic E-state index is 0.386. The normalized spacial score (nSPS) is 18.5. The number of rotatable bonds is 3. The predicted octanol–water partition coefficient (Wildman–Crippen LogP) is 2.35. The Balaban J connectivity index is 1.98. The Labute approximate surface area is 105 Å². The third kappa shape index (κ3) is 1.97. The Morgan fingerprint density at radius 3 is 2.89 bits per heavy atom. The average Bonchev–Trinajstić information content (AvgIpc) is 2.97. The highest BCUT2D eigenvalue weighted by atomic mass is 16.4. The summed E-state index contributed by atoms with van der Waals surface area (Å²) in [5.74, 6) is 0.669. The van der Waals surface area contributed by atoms with Crippen molar-refractivity contribution in [2.75, 3.05) is 6.54 Å². The van der Waals surface area contributed by atoms with Crippen LogP contribution >= 0.6 is 0 Å². The molecule has 0 bridgehead atoms. The molecular weight excluding hydrogens is 228 g/mol. The van der Waals surface area contributed by atoms with E-state index in [1.165, 1.54) is 31.2 Å². The smallest absolute Gasteiger partial charge is 0.408 e. The van der Waals surface area contributed by atoms with E-state index in [1.54, 1.807) is 0 Å². The third-order valence-corrected chi connectivity index (χ3v) is 4.10. The molecule has 4 nitrogen and oxygen atoms in total. The lowest BCUT2D eigenvalue weighted by atomic mass is 9.85. The van der Waals surface area contributed by atoms with Crippen molar-refractivity contribution >= 4 is 11.1 Å². The number of aromatic nitrogens is 1. The highest BCUT2D eigenvalue weighted by Gasteiger charge is 2.25. The fraction of sp³-hybridized carbons (Fsp3) is 0.500. The minimum atomic E-state index is -0.396. The number of nitrogens with two attached hydrogens (primary N) is 1. The predicted molar refractivity (Wildman–Crippen MR) is 70.6 cm³/mol. The fourth-order valence-corrected chi connectivity index (χ4v) is 3.15. The van der Waals surface area contributed by atoms with Gasteiger partial charge in [0.15, 0.2) is 5.58 Å². The van der Waals surface area contributed by atoms with Crippen molar-refractivity contribution in [3.8, 4) is 0 Å². The van der Waals surface area contributed by atoms with Gasteiger partial charge in [0.2, 0.25) is 0 Å². The first-order valence-corrected chi connectivity index (χ1v) is 6.61. The number of nitrogens with one attached hydrogen (secondary N) is 1. The molecule has 0 spiro atoms. The maximum absolute atomic E-state index is 11.1. The van der Waals surface area contributed by atoms with Crippen LogP contribution in [0.3, 0.4) is 0 Å². The molecule has 3 N–H and O–H groups in total. The molecule has 0 saturated heterocycles. The minimum Gasteiger partial charge on any atom is -0.408 e. The second-order valence-electron chi connectivity index (χ2n) is 5.16. The molecule has 96 valence electrons. The number of hydrogen-bond donors (Lipinski definition) is 2. The van der Waals surface area contributed by atoms with Crippen molar-refractivity contribution < 1.29 is 4.42 Å². The summed E-state index contributed by atoms with van der Waals surface area (Å²) in [6, 6.07) is 5.93. The fourth-order valence-electron chi connectivity index (χ4n) is 3.15. The van der Waals surface area contributed by atoms with Crippen molar-refractivity contribution in [2.24, 2.45) is 11.7 Å². The van der Waals surface area contributed by atoms with E-state index >= 15 is 0 Å². The summed E-state index contributed by atoms with van der Waals surface area (Å²) in [6.45, 7) is 0.658. The van der Waals surface area contributed by atoms with E-state index in [-0.39, 0.29) is 0 Å². The van der Waals surface area contributed by atoms with Crippen molar-refractivity contribution in [3.63, 3.8) is 0 Å². The highest BCUT2D eigenvalue weighted by molar-refractivity contribution is 5.72. The molecule has 3 rings (SSSR count). The summed E-state index contributed by atoms with van der Waals surface area (Å²) >= 11 is 0. The second kappa shape index (κ2) is 4.61. The molecule has 1 aromatic heterocycles. The standard InChI is InChI=1S/C14H18N2O2/c15-8-11(9-3-1-2-4-9)10-5-6-12-13(7-10)18-14(17)16-12/h5-7,9,11H,1-4,8,15H2,(H,16,17). The van der Waals surface area contributed by atoms with Gasteiger partial charge >= 0.3 is 5.76 Å². The molecule has 18 heavy (non-hydrogen) atoms. The Morgan fingerprint density at radius 2 is 2.17 bits per heavy atom. The van der Waals surface area contributed by atoms with Crippen LogP contribution in [0.5, 0.6) is 0 Å². The van der Waals surface area contributed by atoms with Crippen LogP contribution in [0.15, 0.2) is 27.4 Å². The van der Waals surface area contributed by atoms with Gasteiger partial charge in [-0.15, -0.1) is 0 Å². The van der Waals surface area contributed by atoms with Gasteiger partial charge in [-0.1, -0.05) is 18.9 Å². The zero-order valence-corrected chi connectivity index (χ0v) is 10.3. The van der Waals surface area contributed by atoms with Crippen LogP contribution in [0.25, 0.3) is 11.1 Å². The SMILES string of the molecule is NCC(c1ccc2[nH]c(=O)oc2c1)C1CCCC1. The summed E-state index contributed by atoms with van der Waals surface area (Å²) in [4.78, 5) is 13.8. The van der Waals surface area contributed by atoms with Crippen LogP contribution in [0.4, 0.5) is 0 Å². The molecule has 1 heterocycles. The van der Waals surface area contributed by atoms with Crippen LogP contribution in [0.1, 0.15) is 37.2 Å². The van der Waals surface area contributed by atoms with Gasteiger partial charge in [0.05, 0.1) is 5.52 Å². The molecule has 1 fully saturated rings. The zero-order chi connectivity index (χ0) is 12.5. The van der Waals surface area contributed by atoms with Gasteiger partial charge in [-0.05, 0) is 48.9 Å². The van der Waals surface area contributed by atoms with Crippen LogP contribution in [0.2, 0.25) is 0 Å². The molecule has 0 amide bonds. The Bertz CT molecular complexity index is 593. The van der Waals surface area contributed by atoms with Crippen molar-refractivity contribution in [1.29, 1.82) is 0 Å². The second-order valence-corrected chi connectivity index (χ2v) is 5.16.